The average molecular weight is 315 g/mol. The average Bonchev–Trinajstić information content (AvgIpc) is 2.44. The van der Waals surface area contributed by atoms with E-state index in [1.165, 1.54) is 24.1 Å². The molecule has 0 spiro atoms. The molecule has 1 amide bonds. The van der Waals surface area contributed by atoms with Crippen molar-refractivity contribution in [3.63, 3.8) is 0 Å². The smallest absolute Gasteiger partial charge is 0.307 e. The highest BCUT2D eigenvalue weighted by Crippen LogP contribution is 2.23. The fourth-order valence-corrected chi connectivity index (χ4v) is 1.85. The van der Waals surface area contributed by atoms with Gasteiger partial charge < -0.3 is 9.64 Å². The van der Waals surface area contributed by atoms with Gasteiger partial charge in [-0.1, -0.05) is 11.6 Å². The van der Waals surface area contributed by atoms with Crippen LogP contribution in [0, 0.1) is 10.1 Å². The van der Waals surface area contributed by atoms with Gasteiger partial charge in [0.2, 0.25) is 0 Å². The third-order valence-corrected chi connectivity index (χ3v) is 3.01. The van der Waals surface area contributed by atoms with E-state index in [0.29, 0.717) is 0 Å². The molecule has 0 saturated carbocycles. The molecule has 0 aliphatic rings. The summed E-state index contributed by atoms with van der Waals surface area (Å²) in [6.45, 7) is 2.15. The Morgan fingerprint density at radius 1 is 1.43 bits per heavy atom. The molecule has 0 fully saturated rings. The molecule has 0 heterocycles. The lowest BCUT2D eigenvalue weighted by Gasteiger charge is -2.17. The van der Waals surface area contributed by atoms with Gasteiger partial charge in [0.25, 0.3) is 11.6 Å². The van der Waals surface area contributed by atoms with Crippen LogP contribution in [0.25, 0.3) is 0 Å². The topological polar surface area (TPSA) is 89.8 Å². The molecule has 0 aliphatic heterocycles. The van der Waals surface area contributed by atoms with Crippen molar-refractivity contribution in [2.75, 3.05) is 20.2 Å². The summed E-state index contributed by atoms with van der Waals surface area (Å²) in [6, 6.07) is 3.62. The number of non-ortho nitro benzene ring substituents is 1. The van der Waals surface area contributed by atoms with Gasteiger partial charge in [0.15, 0.2) is 0 Å². The van der Waals surface area contributed by atoms with Crippen LogP contribution in [0.1, 0.15) is 23.7 Å². The number of benzene rings is 1. The summed E-state index contributed by atoms with van der Waals surface area (Å²) < 4.78 is 4.77. The van der Waals surface area contributed by atoms with Crippen molar-refractivity contribution in [1.82, 2.24) is 4.90 Å². The highest BCUT2D eigenvalue weighted by atomic mass is 35.5. The van der Waals surface area contributed by atoms with Gasteiger partial charge in [0.05, 0.1) is 28.5 Å². The first-order valence-corrected chi connectivity index (χ1v) is 6.59. The zero-order valence-corrected chi connectivity index (χ0v) is 12.4. The molecule has 0 bridgehead atoms. The van der Waals surface area contributed by atoms with Crippen molar-refractivity contribution in [2.24, 2.45) is 0 Å². The minimum absolute atomic E-state index is 0.00261. The standard InChI is InChI=1S/C13H15ClN2O5/c1-3-21-12(17)6-7-15(2)13(18)10-5-4-9(16(19)20)8-11(10)14/h4-5,8H,3,6-7H2,1-2H3. The van der Waals surface area contributed by atoms with Gasteiger partial charge in [-0.25, -0.2) is 0 Å². The van der Waals surface area contributed by atoms with E-state index in [9.17, 15) is 19.7 Å². The zero-order valence-electron chi connectivity index (χ0n) is 11.7. The number of hydrogen-bond acceptors (Lipinski definition) is 5. The molecular formula is C13H15ClN2O5. The molecule has 0 aliphatic carbocycles. The molecule has 114 valence electrons. The number of carbonyl (C=O) groups is 2. The maximum atomic E-state index is 12.1. The van der Waals surface area contributed by atoms with Crippen molar-refractivity contribution >= 4 is 29.2 Å². The number of ether oxygens (including phenoxy) is 1. The van der Waals surface area contributed by atoms with Crippen LogP contribution in [0.3, 0.4) is 0 Å². The largest absolute Gasteiger partial charge is 0.466 e. The Morgan fingerprint density at radius 3 is 2.62 bits per heavy atom. The second kappa shape index (κ2) is 7.58. The Bertz CT molecular complexity index is 561. The van der Waals surface area contributed by atoms with Gasteiger partial charge in [-0.3, -0.25) is 19.7 Å². The SMILES string of the molecule is CCOC(=O)CCN(C)C(=O)c1ccc([N+](=O)[O-])cc1Cl. The third kappa shape index (κ3) is 4.71. The molecule has 0 unspecified atom stereocenters. The Kier molecular flexibility index (Phi) is 6.10. The summed E-state index contributed by atoms with van der Waals surface area (Å²) >= 11 is 5.88. The first-order valence-electron chi connectivity index (χ1n) is 6.21. The predicted molar refractivity (Wildman–Crippen MR) is 76.3 cm³/mol. The monoisotopic (exact) mass is 314 g/mol. The lowest BCUT2D eigenvalue weighted by Crippen LogP contribution is -2.29. The van der Waals surface area contributed by atoms with Gasteiger partial charge in [-0.05, 0) is 13.0 Å². The number of halogens is 1. The number of nitrogens with zero attached hydrogens (tertiary/aromatic N) is 2. The lowest BCUT2D eigenvalue weighted by atomic mass is 10.2. The maximum Gasteiger partial charge on any atom is 0.307 e. The molecule has 0 radical (unpaired) electrons. The van der Waals surface area contributed by atoms with Crippen LogP contribution in [0.5, 0.6) is 0 Å². The van der Waals surface area contributed by atoms with Gasteiger partial charge in [0.1, 0.15) is 0 Å². The van der Waals surface area contributed by atoms with Crippen LogP contribution < -0.4 is 0 Å². The van der Waals surface area contributed by atoms with E-state index in [-0.39, 0.29) is 35.8 Å². The van der Waals surface area contributed by atoms with Crippen molar-refractivity contribution in [2.45, 2.75) is 13.3 Å². The summed E-state index contributed by atoms with van der Waals surface area (Å²) in [5.41, 5.74) is -0.0423. The summed E-state index contributed by atoms with van der Waals surface area (Å²) in [5, 5.41) is 10.6. The van der Waals surface area contributed by atoms with Crippen LogP contribution in [-0.2, 0) is 9.53 Å². The third-order valence-electron chi connectivity index (χ3n) is 2.70. The number of carbonyl (C=O) groups excluding carboxylic acids is 2. The number of nitro groups is 1. The zero-order chi connectivity index (χ0) is 16.0. The van der Waals surface area contributed by atoms with Crippen LogP contribution in [0.2, 0.25) is 5.02 Å². The molecule has 0 N–H and O–H groups in total. The van der Waals surface area contributed by atoms with E-state index < -0.39 is 16.8 Å². The minimum Gasteiger partial charge on any atom is -0.466 e. The highest BCUT2D eigenvalue weighted by Gasteiger charge is 2.18. The fraction of sp³-hybridized carbons (Fsp3) is 0.385. The number of nitro benzene ring substituents is 1. The van der Waals surface area contributed by atoms with E-state index in [4.69, 9.17) is 16.3 Å². The van der Waals surface area contributed by atoms with E-state index in [2.05, 4.69) is 0 Å². The molecule has 0 atom stereocenters. The van der Waals surface area contributed by atoms with E-state index in [1.807, 2.05) is 0 Å². The Hall–Kier alpha value is -2.15. The van der Waals surface area contributed by atoms with Gasteiger partial charge in [-0.2, -0.15) is 0 Å². The molecule has 1 aromatic carbocycles. The summed E-state index contributed by atoms with van der Waals surface area (Å²) in [4.78, 5) is 34.7. The number of hydrogen-bond donors (Lipinski definition) is 0. The van der Waals surface area contributed by atoms with Crippen LogP contribution >= 0.6 is 11.6 Å². The van der Waals surface area contributed by atoms with E-state index in [1.54, 1.807) is 6.92 Å². The number of amides is 1. The van der Waals surface area contributed by atoms with Gasteiger partial charge in [0, 0.05) is 25.7 Å². The fourth-order valence-electron chi connectivity index (χ4n) is 1.59. The van der Waals surface area contributed by atoms with Crippen LogP contribution in [-0.4, -0.2) is 41.9 Å². The number of esters is 1. The molecule has 1 rings (SSSR count). The second-order valence-corrected chi connectivity index (χ2v) is 4.61. The lowest BCUT2D eigenvalue weighted by molar-refractivity contribution is -0.384. The van der Waals surface area contributed by atoms with Crippen molar-refractivity contribution < 1.29 is 19.2 Å². The second-order valence-electron chi connectivity index (χ2n) is 4.20. The van der Waals surface area contributed by atoms with Crippen molar-refractivity contribution in [3.8, 4) is 0 Å². The van der Waals surface area contributed by atoms with Crippen LogP contribution in [0.15, 0.2) is 18.2 Å². The molecule has 21 heavy (non-hydrogen) atoms. The van der Waals surface area contributed by atoms with Gasteiger partial charge >= 0.3 is 5.97 Å². The Morgan fingerprint density at radius 2 is 2.10 bits per heavy atom. The summed E-state index contributed by atoms with van der Waals surface area (Å²) in [6.07, 6.45) is 0.0701. The van der Waals surface area contributed by atoms with Crippen molar-refractivity contribution in [1.29, 1.82) is 0 Å². The Labute approximate surface area is 126 Å². The molecule has 1 aromatic rings. The predicted octanol–water partition coefficient (Wildman–Crippen LogP) is 2.27. The number of rotatable bonds is 6. The Balaban J connectivity index is 2.74. The highest BCUT2D eigenvalue weighted by molar-refractivity contribution is 6.34. The van der Waals surface area contributed by atoms with Crippen LogP contribution in [0.4, 0.5) is 5.69 Å². The summed E-state index contributed by atoms with van der Waals surface area (Å²) in [7, 11) is 1.51. The molecule has 0 aromatic heterocycles. The summed E-state index contributed by atoms with van der Waals surface area (Å²) in [5.74, 6) is -0.814. The minimum atomic E-state index is -0.593. The molecule has 0 saturated heterocycles. The van der Waals surface area contributed by atoms with Gasteiger partial charge in [-0.15, -0.1) is 0 Å². The first kappa shape index (κ1) is 16.9. The first-order chi connectivity index (χ1) is 9.86. The van der Waals surface area contributed by atoms with Crippen molar-refractivity contribution in [3.05, 3.63) is 38.9 Å². The molecule has 7 nitrogen and oxygen atoms in total. The molecule has 8 heteroatoms. The quantitative estimate of drug-likeness (QED) is 0.456. The maximum absolute atomic E-state index is 12.1. The van der Waals surface area contributed by atoms with E-state index in [0.717, 1.165) is 6.07 Å². The van der Waals surface area contributed by atoms with E-state index >= 15 is 0 Å². The normalized spacial score (nSPS) is 10.0. The molecular weight excluding hydrogens is 300 g/mol.